The Labute approximate surface area is 504 Å². The van der Waals surface area contributed by atoms with Crippen molar-refractivity contribution in [1.29, 1.82) is 0 Å². The third-order valence-corrected chi connectivity index (χ3v) is 13.6. The predicted octanol–water partition coefficient (Wildman–Crippen LogP) is -6.91. The smallest absolute Gasteiger partial charge is 0.744 e. The largest absolute Gasteiger partial charge is 1.00 e. The minimum absolute atomic E-state index is 0. The second kappa shape index (κ2) is 23.9. The number of hydrazone groups is 2. The van der Waals surface area contributed by atoms with Gasteiger partial charge in [0.25, 0.3) is 0 Å². The molecule has 0 radical (unpaired) electrons. The molecule has 23 nitrogen and oxygen atoms in total. The Morgan fingerprint density at radius 2 is 0.973 bits per heavy atom. The van der Waals surface area contributed by atoms with Gasteiger partial charge in [-0.3, -0.25) is 20.4 Å². The number of nitrogen functional groups attached to an aromatic ring is 2. The molecule has 0 atom stereocenters. The second-order valence-corrected chi connectivity index (χ2v) is 20.2. The molecule has 0 saturated heterocycles. The van der Waals surface area contributed by atoms with Crippen molar-refractivity contribution in [2.45, 2.75) is 9.79 Å². The topological polar surface area (TPSA) is 401 Å². The number of benzene rings is 6. The van der Waals surface area contributed by atoms with Crippen molar-refractivity contribution in [2.75, 3.05) is 27.6 Å². The summed E-state index contributed by atoms with van der Waals surface area (Å²) in [6.07, 6.45) is 1.92. The first kappa shape index (κ1) is 61.5. The average molecular weight is 1100 g/mol. The van der Waals surface area contributed by atoms with Crippen molar-refractivity contribution in [3.63, 3.8) is 0 Å². The average Bonchev–Trinajstić information content (AvgIpc) is 3.27. The maximum Gasteiger partial charge on any atom is 1.00 e. The van der Waals surface area contributed by atoms with E-state index in [1.54, 1.807) is 0 Å². The molecular formula is C42H27N9Na4O14S4. The summed E-state index contributed by atoms with van der Waals surface area (Å²) in [5.41, 5.74) is 15.6. The molecule has 6 aromatic carbocycles. The van der Waals surface area contributed by atoms with Gasteiger partial charge in [0, 0.05) is 39.0 Å². The van der Waals surface area contributed by atoms with E-state index in [-0.39, 0.29) is 197 Å². The molecule has 73 heavy (non-hydrogen) atoms. The molecule has 0 saturated carbocycles. The van der Waals surface area contributed by atoms with E-state index in [2.05, 4.69) is 36.6 Å². The van der Waals surface area contributed by atoms with Gasteiger partial charge in [0.2, 0.25) is 11.6 Å². The minimum atomic E-state index is -5.28. The summed E-state index contributed by atoms with van der Waals surface area (Å²) in [5, 5.41) is 18.7. The summed E-state index contributed by atoms with van der Waals surface area (Å²) >= 11 is 0. The summed E-state index contributed by atoms with van der Waals surface area (Å²) in [4.78, 5) is 23.2. The molecular weight excluding hydrogens is 1070 g/mol. The Hall–Kier alpha value is -4.02. The molecule has 0 spiro atoms. The van der Waals surface area contributed by atoms with Crippen LogP contribution in [0.4, 0.5) is 45.5 Å². The van der Waals surface area contributed by atoms with E-state index in [0.29, 0.717) is 0 Å². The minimum Gasteiger partial charge on any atom is -0.744 e. The fourth-order valence-electron chi connectivity index (χ4n) is 6.97. The van der Waals surface area contributed by atoms with Crippen LogP contribution >= 0.6 is 0 Å². The van der Waals surface area contributed by atoms with Crippen LogP contribution in [0.15, 0.2) is 149 Å². The monoisotopic (exact) mass is 1100 g/mol. The number of nitrogens with one attached hydrogen (secondary N) is 3. The molecule has 8 rings (SSSR count). The van der Waals surface area contributed by atoms with E-state index < -0.39 is 83.1 Å². The number of anilines is 6. The third-order valence-electron chi connectivity index (χ3n) is 10.2. The Morgan fingerprint density at radius 1 is 0.466 bits per heavy atom. The van der Waals surface area contributed by atoms with Crippen LogP contribution < -0.4 is 146 Å². The van der Waals surface area contributed by atoms with Crippen molar-refractivity contribution >= 4 is 132 Å². The molecule has 0 unspecified atom stereocenters. The number of azo groups is 1. The normalized spacial score (nSPS) is 14.6. The number of allylic oxidation sites excluding steroid dienone is 2. The molecule has 0 aromatic heterocycles. The van der Waals surface area contributed by atoms with Gasteiger partial charge in [-0.1, -0.05) is 6.07 Å². The number of nitrogens with two attached hydrogens (primary N) is 2. The van der Waals surface area contributed by atoms with Crippen molar-refractivity contribution < 1.29 is 180 Å². The number of nitrogens with zero attached hydrogens (tertiary/aromatic N) is 4. The first-order valence-corrected chi connectivity index (χ1v) is 24.8. The van der Waals surface area contributed by atoms with Crippen LogP contribution in [-0.2, 0) is 40.5 Å². The van der Waals surface area contributed by atoms with Gasteiger partial charge in [-0.15, -0.1) is 5.11 Å². The second-order valence-electron chi connectivity index (χ2n) is 14.8. The number of ketones is 2. The first-order chi connectivity index (χ1) is 32.3. The molecule has 0 bridgehead atoms. The molecule has 0 fully saturated rings. The molecule has 6 aromatic rings. The predicted molar refractivity (Wildman–Crippen MR) is 248 cm³/mol. The standard InChI is InChI=1S/C42H31N9O14S4.4Na/c43-23-1-9-29-21(15-23)17-37(68(60,61)62)39(41(29)52)50-46-26-5-3-25(4-6-26)45-35-12-7-27(19-36(35)67(57,58)59)47-48-34-14-13-33(31-11-8-28(20-32(31)34)66(54,55)56)49-51-40-38(69(63,64)65)18-22-16-24(44)2-10-30(22)42(40)53;;;;/h1-20,45-46,49H,43-44H2,(H,54,55,56)(H,57,58,59)(H,60,61,62)(H,63,64,65);;;;/q;4*+1/p-4. The van der Waals surface area contributed by atoms with Crippen molar-refractivity contribution in [2.24, 2.45) is 20.4 Å². The maximum atomic E-state index is 13.4. The van der Waals surface area contributed by atoms with Crippen molar-refractivity contribution in [3.8, 4) is 0 Å². The molecule has 0 aliphatic heterocycles. The number of fused-ring (bicyclic) bond motifs is 3. The van der Waals surface area contributed by atoms with Gasteiger partial charge >= 0.3 is 118 Å². The Balaban J connectivity index is 0.00000289. The van der Waals surface area contributed by atoms with Crippen LogP contribution in [0.5, 0.6) is 0 Å². The number of carbonyl (C=O) groups excluding carboxylic acids is 2. The molecule has 31 heteroatoms. The molecule has 0 heterocycles. The SMILES string of the molecule is Nc1ccc2c(c1)C=C(S(=O)(=O)[O-])C(=NNc1ccc(Nc3ccc(N=Nc4ccc(NN=C5C(=O)c6ccc(N)cc6C=C5S(=O)(=O)[O-])c5ccc(S(=O)(=O)[O-])cc45)cc3S(=O)(=O)[O-])cc1)C2=O.[Na+].[Na+].[Na+].[Na+]. The first-order valence-electron chi connectivity index (χ1n) is 19.2. The van der Waals surface area contributed by atoms with E-state index >= 15 is 0 Å². The van der Waals surface area contributed by atoms with Crippen LogP contribution in [0.2, 0.25) is 0 Å². The quantitative estimate of drug-likeness (QED) is 0.0250. The molecule has 352 valence electrons. The van der Waals surface area contributed by atoms with Gasteiger partial charge in [0.1, 0.15) is 51.9 Å². The summed E-state index contributed by atoms with van der Waals surface area (Å²) in [7, 11) is -20.7. The Bertz CT molecular complexity index is 3900. The van der Waals surface area contributed by atoms with Crippen LogP contribution in [-0.4, -0.2) is 74.9 Å². The van der Waals surface area contributed by atoms with Gasteiger partial charge in [-0.2, -0.15) is 15.3 Å². The van der Waals surface area contributed by atoms with Crippen LogP contribution in [0.1, 0.15) is 31.8 Å². The number of hydrogen-bond donors (Lipinski definition) is 5. The fraction of sp³-hybridized carbons (Fsp3) is 0. The van der Waals surface area contributed by atoms with E-state index in [0.717, 1.165) is 30.4 Å². The summed E-state index contributed by atoms with van der Waals surface area (Å²) in [5.74, 6) is -1.80. The van der Waals surface area contributed by atoms with Gasteiger partial charge in [0.05, 0.1) is 48.0 Å². The zero-order valence-electron chi connectivity index (χ0n) is 38.3. The van der Waals surface area contributed by atoms with E-state index in [1.165, 1.54) is 91.0 Å². The van der Waals surface area contributed by atoms with Crippen molar-refractivity contribution in [1.82, 2.24) is 0 Å². The number of rotatable bonds is 12. The summed E-state index contributed by atoms with van der Waals surface area (Å²) in [6, 6.07) is 22.6. The maximum absolute atomic E-state index is 13.4. The van der Waals surface area contributed by atoms with Crippen LogP contribution in [0.3, 0.4) is 0 Å². The van der Waals surface area contributed by atoms with Gasteiger partial charge < -0.3 is 35.0 Å². The Kier molecular flexibility index (Phi) is 20.1. The van der Waals surface area contributed by atoms with E-state index in [9.17, 15) is 61.5 Å². The fourth-order valence-corrected chi connectivity index (χ4v) is 9.42. The zero-order valence-corrected chi connectivity index (χ0v) is 49.6. The zero-order chi connectivity index (χ0) is 49.8. The number of Topliss-reactive ketones (excluding diaryl/α,β-unsaturated/α-hetero) is 2. The Morgan fingerprint density at radius 3 is 1.48 bits per heavy atom. The summed E-state index contributed by atoms with van der Waals surface area (Å²) < 4.78 is 146. The van der Waals surface area contributed by atoms with E-state index in [4.69, 9.17) is 11.5 Å². The van der Waals surface area contributed by atoms with Gasteiger partial charge in [-0.25, -0.2) is 33.7 Å². The summed E-state index contributed by atoms with van der Waals surface area (Å²) in [6.45, 7) is 0. The van der Waals surface area contributed by atoms with Crippen molar-refractivity contribution in [3.05, 3.63) is 141 Å². The van der Waals surface area contributed by atoms with Crippen LogP contribution in [0, 0.1) is 0 Å². The molecule has 7 N–H and O–H groups in total. The van der Waals surface area contributed by atoms with Gasteiger partial charge in [-0.05, 0) is 126 Å². The molecule has 0 amide bonds. The molecule has 2 aliphatic rings. The number of hydrogen-bond acceptors (Lipinski definition) is 23. The third kappa shape index (κ3) is 13.9. The van der Waals surface area contributed by atoms with Gasteiger partial charge in [0.15, 0.2) is 0 Å². The van der Waals surface area contributed by atoms with E-state index in [1.807, 2.05) is 0 Å². The van der Waals surface area contributed by atoms with Crippen LogP contribution in [0.25, 0.3) is 22.9 Å². The molecule has 2 aliphatic carbocycles. The number of carbonyl (C=O) groups is 2.